The van der Waals surface area contributed by atoms with E-state index < -0.39 is 23.5 Å². The normalized spacial score (nSPS) is 11.8. The molecular weight excluding hydrogens is 412 g/mol. The number of rotatable bonds is 5. The molecule has 0 saturated heterocycles. The maximum atomic E-state index is 13.2. The summed E-state index contributed by atoms with van der Waals surface area (Å²) in [6.45, 7) is 0. The standard InChI is InChI=1S/C18H12F4N4O2S/c1-26(23-9-11-4-7-13(19)8-14(11)16(27)28)17-24-15(25-29-17)10-2-5-12(6-3-10)18(20,21)22/h2-9H,1H3,(H,27,28)/b23-9+. The predicted octanol–water partition coefficient (Wildman–Crippen LogP) is 4.53. The van der Waals surface area contributed by atoms with E-state index in [4.69, 9.17) is 5.11 Å². The molecule has 6 nitrogen and oxygen atoms in total. The SMILES string of the molecule is CN(/N=C/c1ccc(F)cc1C(=O)O)c1nc(-c2ccc(C(F)(F)F)cc2)ns1. The van der Waals surface area contributed by atoms with Gasteiger partial charge in [-0.05, 0) is 30.3 Å². The van der Waals surface area contributed by atoms with E-state index in [9.17, 15) is 22.4 Å². The third-order valence-electron chi connectivity index (χ3n) is 3.78. The number of halogens is 4. The molecule has 29 heavy (non-hydrogen) atoms. The molecule has 0 unspecified atom stereocenters. The number of nitrogens with zero attached hydrogens (tertiary/aromatic N) is 4. The van der Waals surface area contributed by atoms with Crippen LogP contribution < -0.4 is 5.01 Å². The molecule has 2 aromatic carbocycles. The molecule has 3 aromatic rings. The van der Waals surface area contributed by atoms with Gasteiger partial charge in [0.05, 0.1) is 17.3 Å². The quantitative estimate of drug-likeness (QED) is 0.370. The van der Waals surface area contributed by atoms with Gasteiger partial charge in [0.15, 0.2) is 5.82 Å². The van der Waals surface area contributed by atoms with Crippen molar-refractivity contribution in [1.82, 2.24) is 9.36 Å². The van der Waals surface area contributed by atoms with E-state index in [1.165, 1.54) is 36.5 Å². The van der Waals surface area contributed by atoms with Gasteiger partial charge < -0.3 is 5.11 Å². The Morgan fingerprint density at radius 2 is 1.90 bits per heavy atom. The fourth-order valence-electron chi connectivity index (χ4n) is 2.30. The molecule has 0 aliphatic carbocycles. The average Bonchev–Trinajstić information content (AvgIpc) is 3.16. The third-order valence-corrected chi connectivity index (χ3v) is 4.56. The van der Waals surface area contributed by atoms with Crippen molar-refractivity contribution in [2.24, 2.45) is 5.10 Å². The lowest BCUT2D eigenvalue weighted by Crippen LogP contribution is -2.10. The second-order valence-corrected chi connectivity index (χ2v) is 6.51. The molecule has 1 heterocycles. The maximum Gasteiger partial charge on any atom is 0.416 e. The van der Waals surface area contributed by atoms with Crippen molar-refractivity contribution < 1.29 is 27.5 Å². The van der Waals surface area contributed by atoms with Crippen LogP contribution >= 0.6 is 11.5 Å². The van der Waals surface area contributed by atoms with Crippen molar-refractivity contribution in [2.45, 2.75) is 6.18 Å². The molecule has 0 spiro atoms. The van der Waals surface area contributed by atoms with E-state index >= 15 is 0 Å². The first-order valence-electron chi connectivity index (χ1n) is 7.97. The Hall–Kier alpha value is -3.34. The van der Waals surface area contributed by atoms with Gasteiger partial charge in [0.2, 0.25) is 5.13 Å². The number of carbonyl (C=O) groups is 1. The van der Waals surface area contributed by atoms with Gasteiger partial charge in [0, 0.05) is 29.7 Å². The van der Waals surface area contributed by atoms with E-state index in [1.807, 2.05) is 0 Å². The van der Waals surface area contributed by atoms with Crippen LogP contribution in [0.4, 0.5) is 22.7 Å². The van der Waals surface area contributed by atoms with Gasteiger partial charge in [-0.25, -0.2) is 14.2 Å². The van der Waals surface area contributed by atoms with Crippen molar-refractivity contribution in [3.8, 4) is 11.4 Å². The van der Waals surface area contributed by atoms with E-state index in [0.29, 0.717) is 10.7 Å². The fraction of sp³-hybridized carbons (Fsp3) is 0.111. The van der Waals surface area contributed by atoms with Gasteiger partial charge in [0.1, 0.15) is 5.82 Å². The van der Waals surface area contributed by atoms with E-state index in [2.05, 4.69) is 14.5 Å². The zero-order valence-corrected chi connectivity index (χ0v) is 15.5. The smallest absolute Gasteiger partial charge is 0.416 e. The lowest BCUT2D eigenvalue weighted by atomic mass is 10.1. The summed E-state index contributed by atoms with van der Waals surface area (Å²) in [5.41, 5.74) is -0.417. The molecule has 0 bridgehead atoms. The number of carboxylic acid groups (broad SMARTS) is 1. The molecule has 0 atom stereocenters. The van der Waals surface area contributed by atoms with E-state index in [0.717, 1.165) is 35.8 Å². The van der Waals surface area contributed by atoms with Gasteiger partial charge >= 0.3 is 12.1 Å². The van der Waals surface area contributed by atoms with Gasteiger partial charge in [0.25, 0.3) is 0 Å². The Labute approximate surface area is 165 Å². The highest BCUT2D eigenvalue weighted by molar-refractivity contribution is 7.09. The van der Waals surface area contributed by atoms with Gasteiger partial charge in [-0.2, -0.15) is 27.6 Å². The molecule has 0 radical (unpaired) electrons. The number of carboxylic acids is 1. The first-order valence-corrected chi connectivity index (χ1v) is 8.74. The molecule has 0 fully saturated rings. The minimum atomic E-state index is -4.43. The minimum absolute atomic E-state index is 0.193. The van der Waals surface area contributed by atoms with E-state index in [-0.39, 0.29) is 17.0 Å². The summed E-state index contributed by atoms with van der Waals surface area (Å²) >= 11 is 0.963. The van der Waals surface area contributed by atoms with Gasteiger partial charge in [-0.3, -0.25) is 0 Å². The molecule has 0 aliphatic rings. The minimum Gasteiger partial charge on any atom is -0.478 e. The number of hydrogen-bond acceptors (Lipinski definition) is 6. The largest absolute Gasteiger partial charge is 0.478 e. The summed E-state index contributed by atoms with van der Waals surface area (Å²) < 4.78 is 55.3. The monoisotopic (exact) mass is 424 g/mol. The Morgan fingerprint density at radius 1 is 1.21 bits per heavy atom. The molecule has 0 saturated carbocycles. The molecule has 1 N–H and O–H groups in total. The molecule has 1 aromatic heterocycles. The molecular formula is C18H12F4N4O2S. The molecule has 11 heteroatoms. The van der Waals surface area contributed by atoms with Crippen LogP contribution in [-0.2, 0) is 6.18 Å². The van der Waals surface area contributed by atoms with E-state index in [1.54, 1.807) is 0 Å². The average molecular weight is 424 g/mol. The van der Waals surface area contributed by atoms with Crippen LogP contribution in [0.3, 0.4) is 0 Å². The number of hydrazone groups is 1. The van der Waals surface area contributed by atoms with Crippen LogP contribution in [0.5, 0.6) is 0 Å². The second-order valence-electron chi connectivity index (χ2n) is 5.78. The zero-order valence-electron chi connectivity index (χ0n) is 14.7. The lowest BCUT2D eigenvalue weighted by Gasteiger charge is -2.08. The Bertz CT molecular complexity index is 1060. The van der Waals surface area contributed by atoms with Crippen molar-refractivity contribution in [1.29, 1.82) is 0 Å². The van der Waals surface area contributed by atoms with Gasteiger partial charge in [-0.15, -0.1) is 0 Å². The van der Waals surface area contributed by atoms with Crippen LogP contribution in [0.1, 0.15) is 21.5 Å². The molecule has 3 rings (SSSR count). The number of alkyl halides is 3. The van der Waals surface area contributed by atoms with Gasteiger partial charge in [-0.1, -0.05) is 12.1 Å². The lowest BCUT2D eigenvalue weighted by molar-refractivity contribution is -0.137. The Balaban J connectivity index is 1.79. The highest BCUT2D eigenvalue weighted by atomic mass is 32.1. The highest BCUT2D eigenvalue weighted by Crippen LogP contribution is 2.31. The first-order chi connectivity index (χ1) is 13.6. The van der Waals surface area contributed by atoms with Crippen molar-refractivity contribution in [2.75, 3.05) is 12.1 Å². The molecule has 0 amide bonds. The summed E-state index contributed by atoms with van der Waals surface area (Å²) in [7, 11) is 1.54. The van der Waals surface area contributed by atoms with Crippen LogP contribution in [0.15, 0.2) is 47.6 Å². The number of aromatic nitrogens is 2. The second kappa shape index (κ2) is 7.95. The first kappa shape index (κ1) is 20.4. The molecule has 0 aliphatic heterocycles. The van der Waals surface area contributed by atoms with Crippen LogP contribution in [0.2, 0.25) is 0 Å². The van der Waals surface area contributed by atoms with Crippen molar-refractivity contribution in [3.63, 3.8) is 0 Å². The Kier molecular flexibility index (Phi) is 5.59. The topological polar surface area (TPSA) is 78.7 Å². The number of anilines is 1. The van der Waals surface area contributed by atoms with Crippen molar-refractivity contribution in [3.05, 3.63) is 65.0 Å². The fourth-order valence-corrected chi connectivity index (χ4v) is 2.90. The predicted molar refractivity (Wildman–Crippen MR) is 99.7 cm³/mol. The summed E-state index contributed by atoms with van der Waals surface area (Å²) in [6.07, 6.45) is -3.19. The summed E-state index contributed by atoms with van der Waals surface area (Å²) in [5.74, 6) is -1.75. The van der Waals surface area contributed by atoms with Crippen molar-refractivity contribution >= 4 is 28.8 Å². The third kappa shape index (κ3) is 4.74. The Morgan fingerprint density at radius 3 is 2.52 bits per heavy atom. The highest BCUT2D eigenvalue weighted by Gasteiger charge is 2.30. The summed E-state index contributed by atoms with van der Waals surface area (Å²) in [4.78, 5) is 15.4. The number of hydrogen-bond donors (Lipinski definition) is 1. The number of aromatic carboxylic acids is 1. The molecule has 150 valence electrons. The number of benzene rings is 2. The van der Waals surface area contributed by atoms with Crippen LogP contribution in [0, 0.1) is 5.82 Å². The van der Waals surface area contributed by atoms with Crippen LogP contribution in [0.25, 0.3) is 11.4 Å². The maximum absolute atomic E-state index is 13.2. The summed E-state index contributed by atoms with van der Waals surface area (Å²) in [5, 5.41) is 14.9. The van der Waals surface area contributed by atoms with Crippen LogP contribution in [-0.4, -0.2) is 33.7 Å². The summed E-state index contributed by atoms with van der Waals surface area (Å²) in [6, 6.07) is 7.72. The zero-order chi connectivity index (χ0) is 21.2.